The van der Waals surface area contributed by atoms with Gasteiger partial charge in [-0.05, 0) is 55.7 Å². The van der Waals surface area contributed by atoms with Crippen molar-refractivity contribution in [3.8, 4) is 0 Å². The minimum atomic E-state index is -0.0498. The van der Waals surface area contributed by atoms with Gasteiger partial charge in [-0.1, -0.05) is 29.8 Å². The van der Waals surface area contributed by atoms with Gasteiger partial charge in [0.05, 0.1) is 6.04 Å². The van der Waals surface area contributed by atoms with Crippen molar-refractivity contribution >= 4 is 23.2 Å². The van der Waals surface area contributed by atoms with Crippen LogP contribution in [0.15, 0.2) is 48.5 Å². The molecule has 0 spiro atoms. The molecular formula is C18H19ClN2O. The third-order valence-corrected chi connectivity index (χ3v) is 4.45. The fraction of sp³-hybridized carbons (Fsp3) is 0.278. The van der Waals surface area contributed by atoms with E-state index in [2.05, 4.69) is 0 Å². The maximum atomic E-state index is 12.9. The zero-order valence-electron chi connectivity index (χ0n) is 12.5. The van der Waals surface area contributed by atoms with Gasteiger partial charge < -0.3 is 10.6 Å². The molecule has 1 fully saturated rings. The van der Waals surface area contributed by atoms with E-state index in [-0.39, 0.29) is 11.9 Å². The highest BCUT2D eigenvalue weighted by Gasteiger charge is 2.37. The van der Waals surface area contributed by atoms with Crippen LogP contribution < -0.4 is 5.73 Å². The van der Waals surface area contributed by atoms with E-state index in [9.17, 15) is 4.79 Å². The lowest BCUT2D eigenvalue weighted by atomic mass is 10.0. The molecule has 0 heterocycles. The largest absolute Gasteiger partial charge is 0.399 e. The van der Waals surface area contributed by atoms with E-state index in [1.807, 2.05) is 36.1 Å². The van der Waals surface area contributed by atoms with Gasteiger partial charge in [0, 0.05) is 22.3 Å². The summed E-state index contributed by atoms with van der Waals surface area (Å²) < 4.78 is 0. The van der Waals surface area contributed by atoms with Crippen molar-refractivity contribution in [2.24, 2.45) is 0 Å². The Kier molecular flexibility index (Phi) is 4.08. The number of nitrogens with two attached hydrogens (primary N) is 1. The molecule has 0 bridgehead atoms. The monoisotopic (exact) mass is 314 g/mol. The topological polar surface area (TPSA) is 46.3 Å². The highest BCUT2D eigenvalue weighted by Crippen LogP contribution is 2.37. The highest BCUT2D eigenvalue weighted by atomic mass is 35.5. The molecular weight excluding hydrogens is 296 g/mol. The summed E-state index contributed by atoms with van der Waals surface area (Å²) in [6.07, 6.45) is 2.10. The zero-order chi connectivity index (χ0) is 15.7. The number of hydrogen-bond donors (Lipinski definition) is 1. The standard InChI is InChI=1S/C18H19ClN2O/c1-12(16-4-2-3-5-17(16)19)21(15-10-11-15)18(22)13-6-8-14(20)9-7-13/h2-9,12,15H,10-11,20H2,1H3. The van der Waals surface area contributed by atoms with Gasteiger partial charge >= 0.3 is 0 Å². The minimum Gasteiger partial charge on any atom is -0.399 e. The van der Waals surface area contributed by atoms with E-state index >= 15 is 0 Å². The van der Waals surface area contributed by atoms with E-state index in [0.717, 1.165) is 18.4 Å². The first kappa shape index (κ1) is 14.9. The predicted octanol–water partition coefficient (Wildman–Crippen LogP) is 4.29. The van der Waals surface area contributed by atoms with Gasteiger partial charge in [0.2, 0.25) is 0 Å². The van der Waals surface area contributed by atoms with Crippen molar-refractivity contribution in [2.75, 3.05) is 5.73 Å². The Morgan fingerprint density at radius 2 is 1.82 bits per heavy atom. The van der Waals surface area contributed by atoms with Crippen LogP contribution in [-0.4, -0.2) is 16.8 Å². The predicted molar refractivity (Wildman–Crippen MR) is 89.9 cm³/mol. The highest BCUT2D eigenvalue weighted by molar-refractivity contribution is 6.31. The maximum absolute atomic E-state index is 12.9. The Balaban J connectivity index is 1.91. The first-order valence-electron chi connectivity index (χ1n) is 7.50. The zero-order valence-corrected chi connectivity index (χ0v) is 13.3. The number of rotatable bonds is 4. The third kappa shape index (κ3) is 2.95. The first-order valence-corrected chi connectivity index (χ1v) is 7.88. The molecule has 1 aliphatic carbocycles. The van der Waals surface area contributed by atoms with Gasteiger partial charge in [-0.25, -0.2) is 0 Å². The molecule has 0 aromatic heterocycles. The average molecular weight is 315 g/mol. The molecule has 4 heteroatoms. The lowest BCUT2D eigenvalue weighted by Crippen LogP contribution is -2.35. The number of halogens is 1. The number of benzene rings is 2. The number of nitrogen functional groups attached to an aromatic ring is 1. The average Bonchev–Trinajstić information content (AvgIpc) is 3.33. The summed E-state index contributed by atoms with van der Waals surface area (Å²) in [5.41, 5.74) is 8.02. The fourth-order valence-corrected chi connectivity index (χ4v) is 3.04. The molecule has 2 aromatic rings. The molecule has 3 nitrogen and oxygen atoms in total. The number of amides is 1. The van der Waals surface area contributed by atoms with Crippen molar-refractivity contribution < 1.29 is 4.79 Å². The number of carbonyl (C=O) groups is 1. The summed E-state index contributed by atoms with van der Waals surface area (Å²) in [7, 11) is 0. The summed E-state index contributed by atoms with van der Waals surface area (Å²) >= 11 is 6.31. The third-order valence-electron chi connectivity index (χ3n) is 4.10. The second-order valence-corrected chi connectivity index (χ2v) is 6.17. The SMILES string of the molecule is CC(c1ccccc1Cl)N(C(=O)c1ccc(N)cc1)C1CC1. The van der Waals surface area contributed by atoms with Gasteiger partial charge in [0.1, 0.15) is 0 Å². The summed E-state index contributed by atoms with van der Waals surface area (Å²) in [5.74, 6) is 0.0370. The van der Waals surface area contributed by atoms with Gasteiger partial charge in [-0.2, -0.15) is 0 Å². The summed E-state index contributed by atoms with van der Waals surface area (Å²) in [5, 5.41) is 0.700. The number of carbonyl (C=O) groups excluding carboxylic acids is 1. The lowest BCUT2D eigenvalue weighted by molar-refractivity contribution is 0.0674. The molecule has 1 atom stereocenters. The minimum absolute atomic E-state index is 0.0370. The lowest BCUT2D eigenvalue weighted by Gasteiger charge is -2.30. The molecule has 3 rings (SSSR count). The molecule has 1 saturated carbocycles. The van der Waals surface area contributed by atoms with Crippen molar-refractivity contribution in [3.63, 3.8) is 0 Å². The van der Waals surface area contributed by atoms with E-state index in [1.54, 1.807) is 24.3 Å². The Morgan fingerprint density at radius 3 is 2.41 bits per heavy atom. The summed E-state index contributed by atoms with van der Waals surface area (Å²) in [6, 6.07) is 15.1. The summed E-state index contributed by atoms with van der Waals surface area (Å²) in [6.45, 7) is 2.04. The molecule has 114 valence electrons. The smallest absolute Gasteiger partial charge is 0.254 e. The van der Waals surface area contributed by atoms with Gasteiger partial charge in [0.15, 0.2) is 0 Å². The molecule has 1 aliphatic rings. The molecule has 2 aromatic carbocycles. The van der Waals surface area contributed by atoms with E-state index < -0.39 is 0 Å². The van der Waals surface area contributed by atoms with Crippen molar-refractivity contribution in [1.29, 1.82) is 0 Å². The number of hydrogen-bond acceptors (Lipinski definition) is 2. The van der Waals surface area contributed by atoms with Crippen molar-refractivity contribution in [2.45, 2.75) is 31.8 Å². The second-order valence-electron chi connectivity index (χ2n) is 5.76. The Hall–Kier alpha value is -2.00. The maximum Gasteiger partial charge on any atom is 0.254 e. The number of anilines is 1. The van der Waals surface area contributed by atoms with Crippen LogP contribution in [0.3, 0.4) is 0 Å². The Labute approximate surface area is 135 Å². The first-order chi connectivity index (χ1) is 10.6. The van der Waals surface area contributed by atoms with Crippen LogP contribution >= 0.6 is 11.6 Å². The molecule has 1 amide bonds. The van der Waals surface area contributed by atoms with Crippen LogP contribution in [0, 0.1) is 0 Å². The second kappa shape index (κ2) is 6.01. The van der Waals surface area contributed by atoms with Crippen LogP contribution in [-0.2, 0) is 0 Å². The van der Waals surface area contributed by atoms with E-state index in [4.69, 9.17) is 17.3 Å². The molecule has 0 aliphatic heterocycles. The van der Waals surface area contributed by atoms with E-state index in [1.165, 1.54) is 0 Å². The molecule has 22 heavy (non-hydrogen) atoms. The van der Waals surface area contributed by atoms with Crippen molar-refractivity contribution in [3.05, 3.63) is 64.7 Å². The van der Waals surface area contributed by atoms with Gasteiger partial charge in [0.25, 0.3) is 5.91 Å². The van der Waals surface area contributed by atoms with Crippen molar-refractivity contribution in [1.82, 2.24) is 4.90 Å². The molecule has 2 N–H and O–H groups in total. The molecule has 0 saturated heterocycles. The normalized spacial score (nSPS) is 15.4. The Morgan fingerprint density at radius 1 is 1.18 bits per heavy atom. The van der Waals surface area contributed by atoms with Crippen LogP contribution in [0.25, 0.3) is 0 Å². The van der Waals surface area contributed by atoms with E-state index in [0.29, 0.717) is 22.3 Å². The van der Waals surface area contributed by atoms with Crippen LogP contribution in [0.4, 0.5) is 5.69 Å². The van der Waals surface area contributed by atoms with Crippen LogP contribution in [0.2, 0.25) is 5.02 Å². The van der Waals surface area contributed by atoms with Crippen LogP contribution in [0.5, 0.6) is 0 Å². The van der Waals surface area contributed by atoms with Crippen LogP contribution in [0.1, 0.15) is 41.7 Å². The molecule has 0 radical (unpaired) electrons. The molecule has 1 unspecified atom stereocenters. The quantitative estimate of drug-likeness (QED) is 0.856. The van der Waals surface area contributed by atoms with Gasteiger partial charge in [-0.15, -0.1) is 0 Å². The Bertz CT molecular complexity index is 680. The number of nitrogens with zero attached hydrogens (tertiary/aromatic N) is 1. The van der Waals surface area contributed by atoms with Gasteiger partial charge in [-0.3, -0.25) is 4.79 Å². The summed E-state index contributed by atoms with van der Waals surface area (Å²) in [4.78, 5) is 14.9. The fourth-order valence-electron chi connectivity index (χ4n) is 2.75.